The summed E-state index contributed by atoms with van der Waals surface area (Å²) in [4.78, 5) is 54.9. The topological polar surface area (TPSA) is 202 Å². The van der Waals surface area contributed by atoms with Gasteiger partial charge in [0.05, 0.1) is 41.5 Å². The number of carbonyl (C=O) groups excluding carboxylic acids is 3. The van der Waals surface area contributed by atoms with E-state index in [1.807, 2.05) is 6.92 Å². The van der Waals surface area contributed by atoms with Crippen LogP contribution < -0.4 is 21.1 Å². The van der Waals surface area contributed by atoms with Crippen molar-refractivity contribution in [3.8, 4) is 5.75 Å². The number of nitro groups is 1. The third-order valence-electron chi connectivity index (χ3n) is 7.96. The van der Waals surface area contributed by atoms with Crippen molar-refractivity contribution in [3.63, 3.8) is 0 Å². The SMILES string of the molecule is CCn1nc(C)cc1C(=O)Nc1nc2cc(C(N)=O)ccc2n1C/C=C/CNc1c(OCCCN2CCOCC2)cc(C=O)cc1[N+](=O)[O-]. The molecular formula is C33H39N9O7. The first kappa shape index (κ1) is 34.7. The van der Waals surface area contributed by atoms with Crippen LogP contribution in [0.3, 0.4) is 0 Å². The number of anilines is 2. The van der Waals surface area contributed by atoms with Gasteiger partial charge in [-0.05, 0) is 50.6 Å². The third-order valence-corrected chi connectivity index (χ3v) is 7.96. The summed E-state index contributed by atoms with van der Waals surface area (Å²) in [6.45, 7) is 8.77. The molecular weight excluding hydrogens is 634 g/mol. The largest absolute Gasteiger partial charge is 0.491 e. The summed E-state index contributed by atoms with van der Waals surface area (Å²) in [5, 5.41) is 22.2. The minimum atomic E-state index is -0.606. The molecule has 1 aliphatic heterocycles. The number of morpholine rings is 1. The number of primary amides is 1. The van der Waals surface area contributed by atoms with E-state index in [1.54, 1.807) is 52.6 Å². The molecule has 16 nitrogen and oxygen atoms in total. The number of nitrogens with zero attached hydrogens (tertiary/aromatic N) is 6. The number of nitro benzene ring substituents is 1. The van der Waals surface area contributed by atoms with Crippen LogP contribution in [-0.2, 0) is 17.8 Å². The Hall–Kier alpha value is -5.61. The van der Waals surface area contributed by atoms with Gasteiger partial charge in [-0.15, -0.1) is 0 Å². The molecule has 0 unspecified atom stereocenters. The van der Waals surface area contributed by atoms with Crippen molar-refractivity contribution in [2.24, 2.45) is 5.73 Å². The molecule has 1 aliphatic rings. The Balaban J connectivity index is 1.32. The average Bonchev–Trinajstić information content (AvgIpc) is 3.65. The van der Waals surface area contributed by atoms with Crippen LogP contribution in [0.15, 0.2) is 48.6 Å². The predicted octanol–water partition coefficient (Wildman–Crippen LogP) is 3.40. The van der Waals surface area contributed by atoms with E-state index in [0.29, 0.717) is 61.5 Å². The van der Waals surface area contributed by atoms with Crippen LogP contribution in [0, 0.1) is 17.0 Å². The molecule has 0 bridgehead atoms. The molecule has 258 valence electrons. The van der Waals surface area contributed by atoms with Crippen LogP contribution in [0.1, 0.15) is 50.2 Å². The number of rotatable bonds is 16. The van der Waals surface area contributed by atoms with Crippen LogP contribution in [0.25, 0.3) is 11.0 Å². The molecule has 5 rings (SSSR count). The second kappa shape index (κ2) is 16.0. The number of nitrogens with one attached hydrogen (secondary N) is 2. The Kier molecular flexibility index (Phi) is 11.3. The molecule has 4 aromatic rings. The van der Waals surface area contributed by atoms with Crippen LogP contribution in [0.4, 0.5) is 17.3 Å². The number of benzene rings is 2. The van der Waals surface area contributed by atoms with Crippen molar-refractivity contribution < 1.29 is 28.8 Å². The summed E-state index contributed by atoms with van der Waals surface area (Å²) in [6, 6.07) is 9.22. The van der Waals surface area contributed by atoms with Gasteiger partial charge in [0.25, 0.3) is 11.6 Å². The molecule has 2 aromatic carbocycles. The molecule has 4 N–H and O–H groups in total. The lowest BCUT2D eigenvalue weighted by molar-refractivity contribution is -0.384. The standard InChI is InChI=1S/C33H39N9O7/c1-3-41-28(17-22(2)38-41)32(45)37-33-36-25-20-24(31(34)44)7-8-26(25)40(33)11-5-4-9-35-30-27(42(46)47)18-23(21-43)19-29(30)49-14-6-10-39-12-15-48-16-13-39/h4-5,7-8,17-21,35H,3,6,9-16H2,1-2H3,(H2,34,44)(H,36,37,45)/b5-4+. The number of aryl methyl sites for hydroxylation is 2. The zero-order valence-electron chi connectivity index (χ0n) is 27.4. The van der Waals surface area contributed by atoms with Crippen LogP contribution >= 0.6 is 0 Å². The smallest absolute Gasteiger partial charge is 0.296 e. The lowest BCUT2D eigenvalue weighted by Gasteiger charge is -2.26. The summed E-state index contributed by atoms with van der Waals surface area (Å²) in [6.07, 6.45) is 4.81. The first-order valence-electron chi connectivity index (χ1n) is 15.9. The quantitative estimate of drug-likeness (QED) is 0.0517. The fourth-order valence-electron chi connectivity index (χ4n) is 5.54. The summed E-state index contributed by atoms with van der Waals surface area (Å²) < 4.78 is 14.7. The zero-order valence-corrected chi connectivity index (χ0v) is 27.4. The van der Waals surface area contributed by atoms with E-state index in [9.17, 15) is 24.5 Å². The Morgan fingerprint density at radius 3 is 2.67 bits per heavy atom. The Morgan fingerprint density at radius 2 is 1.96 bits per heavy atom. The Labute approximate surface area is 282 Å². The van der Waals surface area contributed by atoms with Gasteiger partial charge in [0.1, 0.15) is 17.7 Å². The van der Waals surface area contributed by atoms with Crippen LogP contribution in [0.2, 0.25) is 0 Å². The molecule has 2 amide bonds. The van der Waals surface area contributed by atoms with Gasteiger partial charge in [0, 0.05) is 56.5 Å². The van der Waals surface area contributed by atoms with E-state index >= 15 is 0 Å². The summed E-state index contributed by atoms with van der Waals surface area (Å²) in [5.74, 6) is -0.549. The molecule has 49 heavy (non-hydrogen) atoms. The Morgan fingerprint density at radius 1 is 1.16 bits per heavy atom. The van der Waals surface area contributed by atoms with Crippen molar-refractivity contribution in [1.29, 1.82) is 0 Å². The fraction of sp³-hybridized carbons (Fsp3) is 0.364. The second-order valence-electron chi connectivity index (χ2n) is 11.4. The molecule has 0 atom stereocenters. The van der Waals surface area contributed by atoms with E-state index in [-0.39, 0.29) is 47.3 Å². The van der Waals surface area contributed by atoms with Crippen LogP contribution in [-0.4, -0.2) is 93.3 Å². The molecule has 0 aliphatic carbocycles. The lowest BCUT2D eigenvalue weighted by atomic mass is 10.1. The van der Waals surface area contributed by atoms with E-state index in [1.165, 1.54) is 12.1 Å². The number of ether oxygens (including phenoxy) is 2. The van der Waals surface area contributed by atoms with Gasteiger partial charge in [0.15, 0.2) is 5.69 Å². The van der Waals surface area contributed by atoms with Gasteiger partial charge in [-0.2, -0.15) is 5.10 Å². The molecule has 1 fully saturated rings. The first-order chi connectivity index (χ1) is 23.7. The van der Waals surface area contributed by atoms with Crippen molar-refractivity contribution in [2.45, 2.75) is 33.4 Å². The number of imidazole rings is 1. The van der Waals surface area contributed by atoms with Gasteiger partial charge < -0.3 is 25.1 Å². The van der Waals surface area contributed by atoms with E-state index in [4.69, 9.17) is 15.2 Å². The highest BCUT2D eigenvalue weighted by Gasteiger charge is 2.22. The summed E-state index contributed by atoms with van der Waals surface area (Å²) in [7, 11) is 0. The highest BCUT2D eigenvalue weighted by atomic mass is 16.6. The first-order valence-corrected chi connectivity index (χ1v) is 15.9. The molecule has 1 saturated heterocycles. The molecule has 0 radical (unpaired) electrons. The molecule has 3 heterocycles. The normalized spacial score (nSPS) is 13.5. The average molecular weight is 674 g/mol. The number of carbonyl (C=O) groups is 3. The number of amides is 2. The fourth-order valence-corrected chi connectivity index (χ4v) is 5.54. The zero-order chi connectivity index (χ0) is 34.9. The number of hydrogen-bond acceptors (Lipinski definition) is 11. The van der Waals surface area contributed by atoms with E-state index in [2.05, 4.69) is 25.6 Å². The van der Waals surface area contributed by atoms with Gasteiger partial charge in [0.2, 0.25) is 11.9 Å². The highest BCUT2D eigenvalue weighted by Crippen LogP contribution is 2.36. The Bertz CT molecular complexity index is 1880. The number of nitrogens with two attached hydrogens (primary N) is 1. The number of aromatic nitrogens is 4. The number of aldehydes is 1. The number of hydrogen-bond donors (Lipinski definition) is 3. The van der Waals surface area contributed by atoms with Gasteiger partial charge in [-0.3, -0.25) is 39.4 Å². The van der Waals surface area contributed by atoms with Gasteiger partial charge in [-0.25, -0.2) is 4.98 Å². The maximum Gasteiger partial charge on any atom is 0.296 e. The van der Waals surface area contributed by atoms with Gasteiger partial charge in [-0.1, -0.05) is 12.2 Å². The third kappa shape index (κ3) is 8.46. The minimum Gasteiger partial charge on any atom is -0.491 e. The van der Waals surface area contributed by atoms with Crippen molar-refractivity contribution in [1.82, 2.24) is 24.2 Å². The minimum absolute atomic E-state index is 0.133. The maximum absolute atomic E-state index is 13.3. The second-order valence-corrected chi connectivity index (χ2v) is 11.4. The maximum atomic E-state index is 13.3. The number of fused-ring (bicyclic) bond motifs is 1. The monoisotopic (exact) mass is 673 g/mol. The van der Waals surface area contributed by atoms with Crippen molar-refractivity contribution in [3.05, 3.63) is 81.2 Å². The summed E-state index contributed by atoms with van der Waals surface area (Å²) in [5.41, 5.74) is 7.94. The molecule has 0 saturated carbocycles. The molecule has 16 heteroatoms. The van der Waals surface area contributed by atoms with E-state index in [0.717, 1.165) is 19.6 Å². The molecule has 0 spiro atoms. The van der Waals surface area contributed by atoms with Crippen LogP contribution in [0.5, 0.6) is 5.75 Å². The predicted molar refractivity (Wildman–Crippen MR) is 182 cm³/mol. The lowest BCUT2D eigenvalue weighted by Crippen LogP contribution is -2.37. The highest BCUT2D eigenvalue weighted by molar-refractivity contribution is 6.03. The molecule has 2 aromatic heterocycles. The van der Waals surface area contributed by atoms with Gasteiger partial charge >= 0.3 is 0 Å². The number of allylic oxidation sites excluding steroid dienone is 1. The van der Waals surface area contributed by atoms with E-state index < -0.39 is 16.7 Å². The van der Waals surface area contributed by atoms with Crippen molar-refractivity contribution in [2.75, 3.05) is 56.6 Å². The summed E-state index contributed by atoms with van der Waals surface area (Å²) >= 11 is 0. The van der Waals surface area contributed by atoms with Crippen molar-refractivity contribution >= 4 is 46.5 Å².